The van der Waals surface area contributed by atoms with Gasteiger partial charge in [0.1, 0.15) is 5.82 Å². The Morgan fingerprint density at radius 3 is 2.53 bits per heavy atom. The summed E-state index contributed by atoms with van der Waals surface area (Å²) in [5.74, 6) is 0.529. The first kappa shape index (κ1) is 19.8. The van der Waals surface area contributed by atoms with Crippen LogP contribution in [0, 0.1) is 0 Å². The number of aromatic amines is 1. The number of aromatic nitrogens is 2. The predicted octanol–water partition coefficient (Wildman–Crippen LogP) is 4.97. The van der Waals surface area contributed by atoms with Gasteiger partial charge in [-0.05, 0) is 59.3 Å². The summed E-state index contributed by atoms with van der Waals surface area (Å²) in [6.07, 6.45) is 0. The smallest absolute Gasteiger partial charge is 0.343 e. The molecule has 0 spiro atoms. The van der Waals surface area contributed by atoms with E-state index in [0.717, 1.165) is 0 Å². The second-order valence-electron chi connectivity index (χ2n) is 6.40. The Labute approximate surface area is 180 Å². The van der Waals surface area contributed by atoms with Gasteiger partial charge in [0.25, 0.3) is 5.56 Å². The van der Waals surface area contributed by atoms with Gasteiger partial charge in [-0.2, -0.15) is 0 Å². The summed E-state index contributed by atoms with van der Waals surface area (Å²) >= 11 is 3.50. The molecule has 0 amide bonds. The third kappa shape index (κ3) is 3.97. The number of carbonyl (C=O) groups is 1. The van der Waals surface area contributed by atoms with Crippen molar-refractivity contribution < 1.29 is 14.3 Å². The van der Waals surface area contributed by atoms with Crippen LogP contribution in [0.25, 0.3) is 22.3 Å². The molecule has 1 heterocycles. The molecule has 6 nitrogen and oxygen atoms in total. The van der Waals surface area contributed by atoms with Crippen LogP contribution in [0.1, 0.15) is 17.3 Å². The zero-order valence-electron chi connectivity index (χ0n) is 16.0. The van der Waals surface area contributed by atoms with Crippen LogP contribution in [0.15, 0.2) is 76.0 Å². The highest BCUT2D eigenvalue weighted by atomic mass is 79.9. The van der Waals surface area contributed by atoms with E-state index in [4.69, 9.17) is 9.47 Å². The van der Waals surface area contributed by atoms with Crippen molar-refractivity contribution in [2.75, 3.05) is 6.61 Å². The molecule has 4 aromatic rings. The molecule has 0 unspecified atom stereocenters. The SMILES string of the molecule is CCOc1cc(-c2nc3ccccc3c(=O)[nH]2)c(Br)cc1OC(=O)c1ccccc1. The van der Waals surface area contributed by atoms with Gasteiger partial charge >= 0.3 is 5.97 Å². The summed E-state index contributed by atoms with van der Waals surface area (Å²) in [6, 6.07) is 19.1. The van der Waals surface area contributed by atoms with Gasteiger partial charge in [-0.15, -0.1) is 0 Å². The number of carbonyl (C=O) groups excluding carboxylic acids is 1. The van der Waals surface area contributed by atoms with Gasteiger partial charge in [0.05, 0.1) is 23.1 Å². The Hall–Kier alpha value is -3.45. The Morgan fingerprint density at radius 2 is 1.77 bits per heavy atom. The zero-order chi connectivity index (χ0) is 21.1. The monoisotopic (exact) mass is 464 g/mol. The first-order valence-electron chi connectivity index (χ1n) is 9.30. The molecule has 1 N–H and O–H groups in total. The number of ether oxygens (including phenoxy) is 2. The molecule has 1 aromatic heterocycles. The molecule has 0 aliphatic carbocycles. The number of nitrogens with one attached hydrogen (secondary N) is 1. The number of rotatable bonds is 5. The number of benzene rings is 3. The molecule has 0 fully saturated rings. The van der Waals surface area contributed by atoms with E-state index >= 15 is 0 Å². The van der Waals surface area contributed by atoms with Crippen molar-refractivity contribution in [1.82, 2.24) is 9.97 Å². The van der Waals surface area contributed by atoms with E-state index in [1.165, 1.54) is 0 Å². The lowest BCUT2D eigenvalue weighted by atomic mass is 10.1. The summed E-state index contributed by atoms with van der Waals surface area (Å²) in [4.78, 5) is 32.3. The molecular formula is C23H17BrN2O4. The lowest BCUT2D eigenvalue weighted by Gasteiger charge is -2.14. The molecular weight excluding hydrogens is 448 g/mol. The second-order valence-corrected chi connectivity index (χ2v) is 7.25. The van der Waals surface area contributed by atoms with Crippen LogP contribution in [0.5, 0.6) is 11.5 Å². The number of hydrogen-bond acceptors (Lipinski definition) is 5. The molecule has 0 bridgehead atoms. The Kier molecular flexibility index (Phi) is 5.63. The standard InChI is InChI=1S/C23H17BrN2O4/c1-2-29-19-12-16(21-25-18-11-7-6-10-15(18)22(27)26-21)17(24)13-20(19)30-23(28)14-8-4-3-5-9-14/h3-13H,2H2,1H3,(H,25,26,27). The molecule has 0 saturated carbocycles. The molecule has 0 radical (unpaired) electrons. The first-order valence-corrected chi connectivity index (χ1v) is 10.1. The van der Waals surface area contributed by atoms with Gasteiger partial charge in [-0.1, -0.05) is 30.3 Å². The fourth-order valence-corrected chi connectivity index (χ4v) is 3.52. The van der Waals surface area contributed by atoms with Crippen LogP contribution < -0.4 is 15.0 Å². The van der Waals surface area contributed by atoms with Crippen LogP contribution >= 0.6 is 15.9 Å². The van der Waals surface area contributed by atoms with Gasteiger partial charge in [0.2, 0.25) is 0 Å². The summed E-state index contributed by atoms with van der Waals surface area (Å²) < 4.78 is 11.9. The van der Waals surface area contributed by atoms with E-state index in [1.807, 2.05) is 19.1 Å². The summed E-state index contributed by atoms with van der Waals surface area (Å²) in [5, 5.41) is 0.510. The highest BCUT2D eigenvalue weighted by Gasteiger charge is 2.18. The van der Waals surface area contributed by atoms with Crippen molar-refractivity contribution in [3.63, 3.8) is 0 Å². The van der Waals surface area contributed by atoms with Gasteiger partial charge in [0, 0.05) is 10.0 Å². The van der Waals surface area contributed by atoms with E-state index in [-0.39, 0.29) is 11.3 Å². The van der Waals surface area contributed by atoms with Gasteiger partial charge in [-0.3, -0.25) is 4.79 Å². The average molecular weight is 465 g/mol. The third-order valence-corrected chi connectivity index (χ3v) is 5.07. The fourth-order valence-electron chi connectivity index (χ4n) is 3.01. The third-order valence-electron chi connectivity index (χ3n) is 4.41. The summed E-state index contributed by atoms with van der Waals surface area (Å²) in [7, 11) is 0. The largest absolute Gasteiger partial charge is 0.490 e. The van der Waals surface area contributed by atoms with Crippen molar-refractivity contribution in [3.8, 4) is 22.9 Å². The van der Waals surface area contributed by atoms with E-state index in [9.17, 15) is 9.59 Å². The topological polar surface area (TPSA) is 81.3 Å². The fraction of sp³-hybridized carbons (Fsp3) is 0.0870. The summed E-state index contributed by atoms with van der Waals surface area (Å²) in [6.45, 7) is 2.21. The van der Waals surface area contributed by atoms with Gasteiger partial charge < -0.3 is 14.5 Å². The second kappa shape index (κ2) is 8.51. The maximum absolute atomic E-state index is 12.5. The van der Waals surface area contributed by atoms with Crippen LogP contribution in [0.2, 0.25) is 0 Å². The lowest BCUT2D eigenvalue weighted by molar-refractivity contribution is 0.0728. The van der Waals surface area contributed by atoms with E-state index < -0.39 is 5.97 Å². The van der Waals surface area contributed by atoms with E-state index in [0.29, 0.717) is 44.7 Å². The van der Waals surface area contributed by atoms with Crippen LogP contribution in [-0.2, 0) is 0 Å². The van der Waals surface area contributed by atoms with E-state index in [1.54, 1.807) is 54.6 Å². The normalized spacial score (nSPS) is 10.7. The number of nitrogens with zero attached hydrogens (tertiary/aromatic N) is 1. The maximum atomic E-state index is 12.5. The van der Waals surface area contributed by atoms with Crippen LogP contribution in [0.3, 0.4) is 0 Å². The number of halogens is 1. The minimum atomic E-state index is -0.492. The first-order chi connectivity index (χ1) is 14.6. The molecule has 0 aliphatic heterocycles. The minimum Gasteiger partial charge on any atom is -0.490 e. The van der Waals surface area contributed by atoms with Crippen molar-refractivity contribution in [2.45, 2.75) is 6.92 Å². The molecule has 3 aromatic carbocycles. The minimum absolute atomic E-state index is 0.236. The number of para-hydroxylation sites is 1. The molecule has 0 saturated heterocycles. The highest BCUT2D eigenvalue weighted by Crippen LogP contribution is 2.38. The van der Waals surface area contributed by atoms with Crippen LogP contribution in [-0.4, -0.2) is 22.5 Å². The van der Waals surface area contributed by atoms with E-state index in [2.05, 4.69) is 25.9 Å². The molecule has 0 aliphatic rings. The van der Waals surface area contributed by atoms with Crippen molar-refractivity contribution in [1.29, 1.82) is 0 Å². The average Bonchev–Trinajstić information content (AvgIpc) is 2.76. The molecule has 0 atom stereocenters. The number of hydrogen-bond donors (Lipinski definition) is 1. The van der Waals surface area contributed by atoms with Crippen LogP contribution in [0.4, 0.5) is 0 Å². The zero-order valence-corrected chi connectivity index (χ0v) is 17.6. The molecule has 150 valence electrons. The lowest BCUT2D eigenvalue weighted by Crippen LogP contribution is -2.11. The Morgan fingerprint density at radius 1 is 1.03 bits per heavy atom. The molecule has 30 heavy (non-hydrogen) atoms. The van der Waals surface area contributed by atoms with Crippen molar-refractivity contribution in [3.05, 3.63) is 87.1 Å². The maximum Gasteiger partial charge on any atom is 0.343 e. The Balaban J connectivity index is 1.77. The number of esters is 1. The van der Waals surface area contributed by atoms with Gasteiger partial charge in [-0.25, -0.2) is 9.78 Å². The number of H-pyrrole nitrogens is 1. The van der Waals surface area contributed by atoms with Crippen molar-refractivity contribution >= 4 is 32.8 Å². The van der Waals surface area contributed by atoms with Crippen molar-refractivity contribution in [2.24, 2.45) is 0 Å². The molecule has 7 heteroatoms. The molecule has 4 rings (SSSR count). The summed E-state index contributed by atoms with van der Waals surface area (Å²) in [5.41, 5.74) is 1.39. The Bertz CT molecular complexity index is 1290. The van der Waals surface area contributed by atoms with Gasteiger partial charge in [0.15, 0.2) is 11.5 Å². The quantitative estimate of drug-likeness (QED) is 0.333. The number of fused-ring (bicyclic) bond motifs is 1. The predicted molar refractivity (Wildman–Crippen MR) is 118 cm³/mol. The highest BCUT2D eigenvalue weighted by molar-refractivity contribution is 9.10.